The average Bonchev–Trinajstić information content (AvgIpc) is 2.68. The van der Waals surface area contributed by atoms with Crippen LogP contribution in [0.15, 0.2) is 0 Å². The van der Waals surface area contributed by atoms with Crippen LogP contribution >= 0.6 is 0 Å². The minimum atomic E-state index is -0.733. The molecule has 0 unspecified atom stereocenters. The molecule has 0 aromatic heterocycles. The maximum atomic E-state index is 9.90. The summed E-state index contributed by atoms with van der Waals surface area (Å²) in [5, 5.41) is 9.90. The van der Waals surface area contributed by atoms with Crippen molar-refractivity contribution < 1.29 is 14.6 Å². The van der Waals surface area contributed by atoms with Crippen molar-refractivity contribution in [2.75, 3.05) is 27.4 Å². The van der Waals surface area contributed by atoms with E-state index in [1.165, 1.54) is 0 Å². The van der Waals surface area contributed by atoms with E-state index < -0.39 is 5.60 Å². The van der Waals surface area contributed by atoms with E-state index in [1.54, 1.807) is 14.2 Å². The zero-order chi connectivity index (χ0) is 8.32. The summed E-state index contributed by atoms with van der Waals surface area (Å²) < 4.78 is 9.86. The molecule has 0 amide bonds. The van der Waals surface area contributed by atoms with E-state index in [2.05, 4.69) is 0 Å². The van der Waals surface area contributed by atoms with Gasteiger partial charge in [0.05, 0.1) is 13.2 Å². The zero-order valence-corrected chi connectivity index (χ0v) is 7.17. The van der Waals surface area contributed by atoms with Crippen LogP contribution in [-0.4, -0.2) is 38.1 Å². The molecule has 11 heavy (non-hydrogen) atoms. The Balaban J connectivity index is 2.39. The number of ether oxygens (including phenoxy) is 2. The maximum absolute atomic E-state index is 9.90. The molecule has 0 radical (unpaired) electrons. The molecule has 0 aromatic rings. The Kier molecular flexibility index (Phi) is 2.87. The SMILES string of the molecule is COCC(O)(COC)C1CC1. The first-order valence-corrected chi connectivity index (χ1v) is 3.93. The molecule has 0 bridgehead atoms. The second-order valence-corrected chi connectivity index (χ2v) is 3.24. The zero-order valence-electron chi connectivity index (χ0n) is 7.17. The lowest BCUT2D eigenvalue weighted by Gasteiger charge is -2.25. The molecular weight excluding hydrogens is 144 g/mol. The standard InChI is InChI=1S/C8H16O3/c1-10-5-8(9,6-11-2)7-3-4-7/h7,9H,3-6H2,1-2H3. The van der Waals surface area contributed by atoms with Crippen LogP contribution in [-0.2, 0) is 9.47 Å². The van der Waals surface area contributed by atoms with Crippen molar-refractivity contribution in [3.8, 4) is 0 Å². The van der Waals surface area contributed by atoms with Crippen LogP contribution < -0.4 is 0 Å². The first-order valence-electron chi connectivity index (χ1n) is 3.93. The molecule has 1 fully saturated rings. The highest BCUT2D eigenvalue weighted by molar-refractivity contribution is 4.94. The number of methoxy groups -OCH3 is 2. The molecule has 0 saturated heterocycles. The molecule has 0 spiro atoms. The molecule has 1 aliphatic carbocycles. The Morgan fingerprint density at radius 1 is 1.27 bits per heavy atom. The lowest BCUT2D eigenvalue weighted by molar-refractivity contribution is -0.0913. The fourth-order valence-electron chi connectivity index (χ4n) is 1.40. The van der Waals surface area contributed by atoms with Gasteiger partial charge in [0.25, 0.3) is 0 Å². The molecule has 0 aliphatic heterocycles. The van der Waals surface area contributed by atoms with Gasteiger partial charge in [-0.2, -0.15) is 0 Å². The second-order valence-electron chi connectivity index (χ2n) is 3.24. The highest BCUT2D eigenvalue weighted by Gasteiger charge is 2.43. The van der Waals surface area contributed by atoms with Gasteiger partial charge in [0.1, 0.15) is 5.60 Å². The number of aliphatic hydroxyl groups is 1. The summed E-state index contributed by atoms with van der Waals surface area (Å²) in [6.07, 6.45) is 2.20. The van der Waals surface area contributed by atoms with Crippen LogP contribution in [0.5, 0.6) is 0 Å². The number of hydrogen-bond acceptors (Lipinski definition) is 3. The Labute approximate surface area is 67.3 Å². The van der Waals surface area contributed by atoms with Crippen molar-refractivity contribution in [3.05, 3.63) is 0 Å². The summed E-state index contributed by atoms with van der Waals surface area (Å²) >= 11 is 0. The van der Waals surface area contributed by atoms with Crippen LogP contribution in [0.25, 0.3) is 0 Å². The molecule has 1 aliphatic rings. The van der Waals surface area contributed by atoms with E-state index in [1.807, 2.05) is 0 Å². The average molecular weight is 160 g/mol. The summed E-state index contributed by atoms with van der Waals surface area (Å²) in [5.74, 6) is 0.391. The van der Waals surface area contributed by atoms with Gasteiger partial charge in [0, 0.05) is 14.2 Å². The summed E-state index contributed by atoms with van der Waals surface area (Å²) in [6.45, 7) is 0.761. The quantitative estimate of drug-likeness (QED) is 0.633. The number of hydrogen-bond donors (Lipinski definition) is 1. The topological polar surface area (TPSA) is 38.7 Å². The Hall–Kier alpha value is -0.120. The normalized spacial score (nSPS) is 18.8. The summed E-state index contributed by atoms with van der Waals surface area (Å²) in [6, 6.07) is 0. The lowest BCUT2D eigenvalue weighted by Crippen LogP contribution is -2.41. The van der Waals surface area contributed by atoms with Crippen LogP contribution in [0.3, 0.4) is 0 Å². The Morgan fingerprint density at radius 2 is 1.73 bits per heavy atom. The van der Waals surface area contributed by atoms with Crippen molar-refractivity contribution in [1.82, 2.24) is 0 Å². The summed E-state index contributed by atoms with van der Waals surface area (Å²) in [4.78, 5) is 0. The Bertz CT molecular complexity index is 115. The lowest BCUT2D eigenvalue weighted by atomic mass is 10.0. The highest BCUT2D eigenvalue weighted by Crippen LogP contribution is 2.39. The van der Waals surface area contributed by atoms with Crippen LogP contribution in [0.2, 0.25) is 0 Å². The first kappa shape index (κ1) is 8.97. The summed E-state index contributed by atoms with van der Waals surface area (Å²) in [7, 11) is 3.20. The van der Waals surface area contributed by atoms with Gasteiger partial charge in [-0.15, -0.1) is 0 Å². The van der Waals surface area contributed by atoms with Crippen LogP contribution in [0.1, 0.15) is 12.8 Å². The van der Waals surface area contributed by atoms with Crippen molar-refractivity contribution >= 4 is 0 Å². The van der Waals surface area contributed by atoms with Gasteiger partial charge in [-0.05, 0) is 18.8 Å². The van der Waals surface area contributed by atoms with Gasteiger partial charge in [-0.3, -0.25) is 0 Å². The third-order valence-corrected chi connectivity index (χ3v) is 2.13. The molecular formula is C8H16O3. The fourth-order valence-corrected chi connectivity index (χ4v) is 1.40. The molecule has 0 atom stereocenters. The molecule has 3 heteroatoms. The van der Waals surface area contributed by atoms with Gasteiger partial charge < -0.3 is 14.6 Å². The predicted molar refractivity (Wildman–Crippen MR) is 41.4 cm³/mol. The largest absolute Gasteiger partial charge is 0.385 e. The van der Waals surface area contributed by atoms with Crippen molar-refractivity contribution in [1.29, 1.82) is 0 Å². The van der Waals surface area contributed by atoms with E-state index in [9.17, 15) is 5.11 Å². The minimum absolute atomic E-state index is 0.380. The van der Waals surface area contributed by atoms with E-state index >= 15 is 0 Å². The smallest absolute Gasteiger partial charge is 0.114 e. The van der Waals surface area contributed by atoms with Crippen molar-refractivity contribution in [3.63, 3.8) is 0 Å². The van der Waals surface area contributed by atoms with E-state index in [-0.39, 0.29) is 0 Å². The molecule has 0 heterocycles. The van der Waals surface area contributed by atoms with Crippen LogP contribution in [0.4, 0.5) is 0 Å². The van der Waals surface area contributed by atoms with E-state index in [0.29, 0.717) is 19.1 Å². The maximum Gasteiger partial charge on any atom is 0.114 e. The second kappa shape index (κ2) is 3.52. The molecule has 0 aromatic carbocycles. The molecule has 1 N–H and O–H groups in total. The Morgan fingerprint density at radius 3 is 2.00 bits per heavy atom. The van der Waals surface area contributed by atoms with Gasteiger partial charge in [0.15, 0.2) is 0 Å². The van der Waals surface area contributed by atoms with E-state index in [0.717, 1.165) is 12.8 Å². The minimum Gasteiger partial charge on any atom is -0.385 e. The van der Waals surface area contributed by atoms with Gasteiger partial charge in [-0.25, -0.2) is 0 Å². The third kappa shape index (κ3) is 2.15. The van der Waals surface area contributed by atoms with E-state index in [4.69, 9.17) is 9.47 Å². The fraction of sp³-hybridized carbons (Fsp3) is 1.00. The van der Waals surface area contributed by atoms with Crippen molar-refractivity contribution in [2.24, 2.45) is 5.92 Å². The molecule has 1 rings (SSSR count). The first-order chi connectivity index (χ1) is 5.23. The number of rotatable bonds is 5. The van der Waals surface area contributed by atoms with Gasteiger partial charge in [0.2, 0.25) is 0 Å². The monoisotopic (exact) mass is 160 g/mol. The van der Waals surface area contributed by atoms with Crippen LogP contribution in [0, 0.1) is 5.92 Å². The molecule has 66 valence electrons. The molecule has 1 saturated carbocycles. The third-order valence-electron chi connectivity index (χ3n) is 2.13. The summed E-state index contributed by atoms with van der Waals surface area (Å²) in [5.41, 5.74) is -0.733. The predicted octanol–water partition coefficient (Wildman–Crippen LogP) is 0.420. The van der Waals surface area contributed by atoms with Gasteiger partial charge >= 0.3 is 0 Å². The van der Waals surface area contributed by atoms with Gasteiger partial charge in [-0.1, -0.05) is 0 Å². The highest BCUT2D eigenvalue weighted by atomic mass is 16.5. The van der Waals surface area contributed by atoms with Crippen molar-refractivity contribution in [2.45, 2.75) is 18.4 Å². The molecule has 3 nitrogen and oxygen atoms in total.